The van der Waals surface area contributed by atoms with Crippen molar-refractivity contribution in [2.45, 2.75) is 30.5 Å². The normalized spacial score (nSPS) is 11.1. The van der Waals surface area contributed by atoms with E-state index in [9.17, 15) is 0 Å². The molecule has 29 heavy (non-hydrogen) atoms. The van der Waals surface area contributed by atoms with E-state index in [1.54, 1.807) is 18.0 Å². The monoisotopic (exact) mass is 467 g/mol. The van der Waals surface area contributed by atoms with Crippen LogP contribution in [0.2, 0.25) is 0 Å². The zero-order valence-corrected chi connectivity index (χ0v) is 18.6. The Labute approximate surface area is 183 Å². The molecular formula is C23H22BrN3OS. The lowest BCUT2D eigenvalue weighted by atomic mass is 10.1. The first-order valence-electron chi connectivity index (χ1n) is 9.68. The minimum Gasteiger partial charge on any atom is -0.494 e. The minimum absolute atomic E-state index is 0.758. The summed E-state index contributed by atoms with van der Waals surface area (Å²) in [7, 11) is 0. The molecule has 0 aliphatic carbocycles. The van der Waals surface area contributed by atoms with Crippen LogP contribution in [0.4, 0.5) is 0 Å². The third-order valence-corrected chi connectivity index (χ3v) is 6.09. The van der Waals surface area contributed by atoms with Gasteiger partial charge in [0.15, 0.2) is 0 Å². The summed E-state index contributed by atoms with van der Waals surface area (Å²) in [6.45, 7) is 2.92. The summed E-state index contributed by atoms with van der Waals surface area (Å²) in [4.78, 5) is 4.58. The van der Waals surface area contributed by atoms with Crippen LogP contribution in [0.3, 0.4) is 0 Å². The third-order valence-electron chi connectivity index (χ3n) is 4.54. The van der Waals surface area contributed by atoms with Gasteiger partial charge in [-0.15, -0.1) is 0 Å². The van der Waals surface area contributed by atoms with Gasteiger partial charge in [-0.25, -0.2) is 9.50 Å². The summed E-state index contributed by atoms with van der Waals surface area (Å²) in [6, 6.07) is 18.6. The van der Waals surface area contributed by atoms with Crippen LogP contribution in [-0.2, 0) is 5.75 Å². The summed E-state index contributed by atoms with van der Waals surface area (Å²) in [6.07, 6.45) is 5.90. The van der Waals surface area contributed by atoms with Crippen molar-refractivity contribution in [2.24, 2.45) is 0 Å². The van der Waals surface area contributed by atoms with Crippen molar-refractivity contribution in [1.29, 1.82) is 0 Å². The molecule has 4 nitrogen and oxygen atoms in total. The molecule has 0 N–H and O–H groups in total. The lowest BCUT2D eigenvalue weighted by Crippen LogP contribution is -1.96. The summed E-state index contributed by atoms with van der Waals surface area (Å²) < 4.78 is 8.75. The highest BCUT2D eigenvalue weighted by Gasteiger charge is 2.10. The molecule has 4 rings (SSSR count). The van der Waals surface area contributed by atoms with Gasteiger partial charge in [-0.05, 0) is 54.4 Å². The van der Waals surface area contributed by atoms with Gasteiger partial charge in [0.2, 0.25) is 0 Å². The molecule has 0 aliphatic rings. The third kappa shape index (κ3) is 5.00. The molecule has 0 saturated heterocycles. The maximum absolute atomic E-state index is 5.76. The van der Waals surface area contributed by atoms with Crippen molar-refractivity contribution in [3.8, 4) is 17.0 Å². The number of nitrogens with zero attached hydrogens (tertiary/aromatic N) is 3. The number of hydrogen-bond acceptors (Lipinski definition) is 4. The Hall–Kier alpha value is -2.31. The van der Waals surface area contributed by atoms with Gasteiger partial charge in [0, 0.05) is 28.2 Å². The second kappa shape index (κ2) is 9.46. The Morgan fingerprint density at radius 1 is 1.10 bits per heavy atom. The van der Waals surface area contributed by atoms with Crippen LogP contribution in [0, 0.1) is 0 Å². The fourth-order valence-electron chi connectivity index (χ4n) is 2.99. The molecule has 0 fully saturated rings. The maximum atomic E-state index is 5.76. The molecule has 0 radical (unpaired) electrons. The van der Waals surface area contributed by atoms with E-state index in [-0.39, 0.29) is 0 Å². The van der Waals surface area contributed by atoms with Crippen LogP contribution in [0.1, 0.15) is 25.3 Å². The number of thioether (sulfide) groups is 1. The summed E-state index contributed by atoms with van der Waals surface area (Å²) in [5, 5.41) is 5.71. The van der Waals surface area contributed by atoms with Crippen LogP contribution in [0.25, 0.3) is 16.8 Å². The second-order valence-corrected chi connectivity index (χ2v) is 8.62. The van der Waals surface area contributed by atoms with Crippen molar-refractivity contribution in [3.05, 3.63) is 77.0 Å². The summed E-state index contributed by atoms with van der Waals surface area (Å²) in [5.74, 6) is 1.76. The lowest BCUT2D eigenvalue weighted by molar-refractivity contribution is 0.309. The van der Waals surface area contributed by atoms with Gasteiger partial charge in [-0.2, -0.15) is 5.10 Å². The van der Waals surface area contributed by atoms with Crippen LogP contribution in [0.5, 0.6) is 5.75 Å². The number of aromatic nitrogens is 3. The Bertz CT molecular complexity index is 1090. The van der Waals surface area contributed by atoms with Gasteiger partial charge in [0.05, 0.1) is 17.8 Å². The van der Waals surface area contributed by atoms with Gasteiger partial charge < -0.3 is 4.74 Å². The van der Waals surface area contributed by atoms with Gasteiger partial charge in [0.1, 0.15) is 10.8 Å². The van der Waals surface area contributed by atoms with E-state index in [0.29, 0.717) is 0 Å². The van der Waals surface area contributed by atoms with Crippen molar-refractivity contribution < 1.29 is 4.74 Å². The zero-order valence-electron chi connectivity index (χ0n) is 16.2. The largest absolute Gasteiger partial charge is 0.494 e. The van der Waals surface area contributed by atoms with E-state index in [2.05, 4.69) is 64.2 Å². The topological polar surface area (TPSA) is 39.4 Å². The Morgan fingerprint density at radius 3 is 2.76 bits per heavy atom. The highest BCUT2D eigenvalue weighted by atomic mass is 79.9. The van der Waals surface area contributed by atoms with Gasteiger partial charge in [0.25, 0.3) is 0 Å². The lowest BCUT2D eigenvalue weighted by Gasteiger charge is -2.05. The molecule has 0 amide bonds. The van der Waals surface area contributed by atoms with E-state index >= 15 is 0 Å². The van der Waals surface area contributed by atoms with Crippen molar-refractivity contribution in [2.75, 3.05) is 6.61 Å². The highest BCUT2D eigenvalue weighted by Crippen LogP contribution is 2.29. The Morgan fingerprint density at radius 2 is 1.97 bits per heavy atom. The van der Waals surface area contributed by atoms with Crippen molar-refractivity contribution in [3.63, 3.8) is 0 Å². The van der Waals surface area contributed by atoms with E-state index in [1.165, 1.54) is 5.56 Å². The number of hydrogen-bond donors (Lipinski definition) is 0. The van der Waals surface area contributed by atoms with Crippen LogP contribution >= 0.6 is 27.7 Å². The molecule has 0 aliphatic heterocycles. The fraction of sp³-hybridized carbons (Fsp3) is 0.217. The Kier molecular flexibility index (Phi) is 6.52. The molecule has 0 bridgehead atoms. The molecule has 2 aromatic carbocycles. The molecule has 0 atom stereocenters. The molecule has 0 unspecified atom stereocenters. The molecular weight excluding hydrogens is 446 g/mol. The first-order valence-corrected chi connectivity index (χ1v) is 11.5. The predicted octanol–water partition coefficient (Wildman–Crippen LogP) is 6.63. The van der Waals surface area contributed by atoms with E-state index in [1.807, 2.05) is 28.9 Å². The van der Waals surface area contributed by atoms with Crippen LogP contribution < -0.4 is 4.74 Å². The van der Waals surface area contributed by atoms with E-state index in [0.717, 1.165) is 57.2 Å². The average molecular weight is 468 g/mol. The highest BCUT2D eigenvalue weighted by molar-refractivity contribution is 9.10. The van der Waals surface area contributed by atoms with Gasteiger partial charge >= 0.3 is 0 Å². The molecule has 0 spiro atoms. The van der Waals surface area contributed by atoms with E-state index < -0.39 is 0 Å². The molecule has 148 valence electrons. The minimum atomic E-state index is 0.758. The first kappa shape index (κ1) is 20.0. The average Bonchev–Trinajstić information content (AvgIpc) is 3.18. The molecule has 2 heterocycles. The quantitative estimate of drug-likeness (QED) is 0.215. The van der Waals surface area contributed by atoms with Gasteiger partial charge in [-0.1, -0.05) is 53.2 Å². The Balaban J connectivity index is 1.52. The van der Waals surface area contributed by atoms with Crippen LogP contribution in [0.15, 0.2) is 76.5 Å². The number of unbranched alkanes of at least 4 members (excludes halogenated alkanes) is 1. The fourth-order valence-corrected chi connectivity index (χ4v) is 4.35. The number of fused-ring (bicyclic) bond motifs is 1. The number of ether oxygens (including phenoxy) is 1. The van der Waals surface area contributed by atoms with Gasteiger partial charge in [-0.3, -0.25) is 0 Å². The molecule has 2 aromatic heterocycles. The smallest absolute Gasteiger partial charge is 0.122 e. The van der Waals surface area contributed by atoms with E-state index in [4.69, 9.17) is 9.84 Å². The van der Waals surface area contributed by atoms with Crippen molar-refractivity contribution in [1.82, 2.24) is 14.6 Å². The van der Waals surface area contributed by atoms with Crippen molar-refractivity contribution >= 4 is 33.2 Å². The number of rotatable bonds is 8. The number of halogens is 1. The predicted molar refractivity (Wildman–Crippen MR) is 123 cm³/mol. The number of benzene rings is 2. The SMILES string of the molecule is CCCCOc1ccc(-c2cc3c(SCc4cccc(Br)c4)nccn3n2)cc1. The molecule has 0 saturated carbocycles. The van der Waals surface area contributed by atoms with Crippen LogP contribution in [-0.4, -0.2) is 21.2 Å². The summed E-state index contributed by atoms with van der Waals surface area (Å²) in [5.41, 5.74) is 4.28. The summed E-state index contributed by atoms with van der Waals surface area (Å²) >= 11 is 5.25. The molecule has 4 aromatic rings. The maximum Gasteiger partial charge on any atom is 0.122 e. The standard InChI is InChI=1S/C23H22BrN3OS/c1-2-3-13-28-20-9-7-18(8-10-20)21-15-22-23(25-11-12-27(22)26-21)29-16-17-5-4-6-19(24)14-17/h4-12,14-15H,2-3,13,16H2,1H3. The zero-order chi connectivity index (χ0) is 20.1. The first-order chi connectivity index (χ1) is 14.2. The molecule has 6 heteroatoms. The second-order valence-electron chi connectivity index (χ2n) is 6.74.